The van der Waals surface area contributed by atoms with Crippen LogP contribution < -0.4 is 10.6 Å². The molecule has 2 aromatic rings. The minimum Gasteiger partial charge on any atom is -0.367 e. The lowest BCUT2D eigenvalue weighted by Gasteiger charge is -2.13. The molecule has 0 bridgehead atoms. The highest BCUT2D eigenvalue weighted by Gasteiger charge is 2.12. The Balaban J connectivity index is 2.05. The quantitative estimate of drug-likeness (QED) is 0.889. The molecule has 5 heteroatoms. The number of halogens is 1. The third kappa shape index (κ3) is 4.46. The number of aromatic nitrogens is 1. The first-order chi connectivity index (χ1) is 10.1. The number of rotatable bonds is 5. The van der Waals surface area contributed by atoms with E-state index in [-0.39, 0.29) is 11.9 Å². The zero-order chi connectivity index (χ0) is 15.2. The van der Waals surface area contributed by atoms with Crippen molar-refractivity contribution in [2.75, 3.05) is 5.32 Å². The van der Waals surface area contributed by atoms with E-state index in [1.165, 1.54) is 0 Å². The van der Waals surface area contributed by atoms with E-state index in [1.807, 2.05) is 26.0 Å². The third-order valence-corrected chi connectivity index (χ3v) is 3.10. The summed E-state index contributed by atoms with van der Waals surface area (Å²) in [5, 5.41) is 6.74. The van der Waals surface area contributed by atoms with Crippen LogP contribution in [0.1, 0.15) is 29.8 Å². The predicted octanol–water partition coefficient (Wildman–Crippen LogP) is 3.49. The van der Waals surface area contributed by atoms with Crippen molar-refractivity contribution in [3.63, 3.8) is 0 Å². The molecular weight excluding hydrogens is 286 g/mol. The lowest BCUT2D eigenvalue weighted by atomic mass is 10.2. The standard InChI is InChI=1S/C16H18ClN3O/c1-11(2)20-15-14(4-3-9-18-15)16(21)19-10-12-5-7-13(17)8-6-12/h3-9,11H,10H2,1-2H3,(H,18,20)(H,19,21). The minimum atomic E-state index is -0.152. The fraction of sp³-hybridized carbons (Fsp3) is 0.250. The van der Waals surface area contributed by atoms with E-state index in [4.69, 9.17) is 11.6 Å². The molecular formula is C16H18ClN3O. The van der Waals surface area contributed by atoms with Crippen molar-refractivity contribution in [1.82, 2.24) is 10.3 Å². The van der Waals surface area contributed by atoms with Gasteiger partial charge >= 0.3 is 0 Å². The number of nitrogens with zero attached hydrogens (tertiary/aromatic N) is 1. The van der Waals surface area contributed by atoms with Gasteiger partial charge in [0.15, 0.2) is 0 Å². The second-order valence-electron chi connectivity index (χ2n) is 5.01. The second kappa shape index (κ2) is 7.09. The Morgan fingerprint density at radius 2 is 1.95 bits per heavy atom. The molecule has 0 saturated heterocycles. The van der Waals surface area contributed by atoms with Crippen molar-refractivity contribution in [2.45, 2.75) is 26.4 Å². The van der Waals surface area contributed by atoms with Gasteiger partial charge in [0.1, 0.15) is 5.82 Å². The van der Waals surface area contributed by atoms with Crippen LogP contribution in [0.3, 0.4) is 0 Å². The molecule has 1 heterocycles. The molecule has 21 heavy (non-hydrogen) atoms. The summed E-state index contributed by atoms with van der Waals surface area (Å²) < 4.78 is 0. The SMILES string of the molecule is CC(C)Nc1ncccc1C(=O)NCc1ccc(Cl)cc1. The third-order valence-electron chi connectivity index (χ3n) is 2.84. The predicted molar refractivity (Wildman–Crippen MR) is 85.6 cm³/mol. The van der Waals surface area contributed by atoms with E-state index in [2.05, 4.69) is 15.6 Å². The molecule has 2 N–H and O–H groups in total. The normalized spacial score (nSPS) is 10.5. The molecule has 0 fully saturated rings. The summed E-state index contributed by atoms with van der Waals surface area (Å²) in [5.41, 5.74) is 1.54. The molecule has 0 aliphatic carbocycles. The minimum absolute atomic E-state index is 0.152. The van der Waals surface area contributed by atoms with Gasteiger partial charge in [0.05, 0.1) is 5.56 Å². The summed E-state index contributed by atoms with van der Waals surface area (Å²) >= 11 is 5.84. The molecule has 110 valence electrons. The largest absolute Gasteiger partial charge is 0.367 e. The fourth-order valence-electron chi connectivity index (χ4n) is 1.86. The number of anilines is 1. The van der Waals surface area contributed by atoms with Gasteiger partial charge < -0.3 is 10.6 Å². The van der Waals surface area contributed by atoms with Crippen LogP contribution in [-0.4, -0.2) is 16.9 Å². The van der Waals surface area contributed by atoms with Crippen molar-refractivity contribution in [2.24, 2.45) is 0 Å². The maximum Gasteiger partial charge on any atom is 0.255 e. The maximum absolute atomic E-state index is 12.3. The Morgan fingerprint density at radius 1 is 1.24 bits per heavy atom. The van der Waals surface area contributed by atoms with E-state index in [1.54, 1.807) is 30.5 Å². The molecule has 0 saturated carbocycles. The van der Waals surface area contributed by atoms with Crippen LogP contribution in [0, 0.1) is 0 Å². The van der Waals surface area contributed by atoms with Crippen LogP contribution >= 0.6 is 11.6 Å². The molecule has 0 unspecified atom stereocenters. The highest BCUT2D eigenvalue weighted by atomic mass is 35.5. The number of nitrogens with one attached hydrogen (secondary N) is 2. The molecule has 0 aliphatic heterocycles. The highest BCUT2D eigenvalue weighted by Crippen LogP contribution is 2.13. The maximum atomic E-state index is 12.3. The lowest BCUT2D eigenvalue weighted by Crippen LogP contribution is -2.25. The number of hydrogen-bond acceptors (Lipinski definition) is 3. The Hall–Kier alpha value is -2.07. The number of carbonyl (C=O) groups is 1. The van der Waals surface area contributed by atoms with Crippen molar-refractivity contribution in [3.8, 4) is 0 Å². The van der Waals surface area contributed by atoms with Gasteiger partial charge in [-0.05, 0) is 43.7 Å². The Kier molecular flexibility index (Phi) is 5.17. The van der Waals surface area contributed by atoms with Crippen LogP contribution in [-0.2, 0) is 6.54 Å². The average molecular weight is 304 g/mol. The molecule has 1 aromatic heterocycles. The first-order valence-corrected chi connectivity index (χ1v) is 7.18. The van der Waals surface area contributed by atoms with E-state index in [9.17, 15) is 4.79 Å². The molecule has 1 aromatic carbocycles. The van der Waals surface area contributed by atoms with Crippen LogP contribution in [0.15, 0.2) is 42.6 Å². The summed E-state index contributed by atoms with van der Waals surface area (Å²) in [6.45, 7) is 4.46. The van der Waals surface area contributed by atoms with Crippen molar-refractivity contribution in [1.29, 1.82) is 0 Å². The average Bonchev–Trinajstić information content (AvgIpc) is 2.46. The van der Waals surface area contributed by atoms with Gasteiger partial charge in [0, 0.05) is 23.8 Å². The second-order valence-corrected chi connectivity index (χ2v) is 5.44. The molecule has 0 spiro atoms. The van der Waals surface area contributed by atoms with Gasteiger partial charge in [-0.25, -0.2) is 4.98 Å². The Bertz CT molecular complexity index is 611. The van der Waals surface area contributed by atoms with E-state index < -0.39 is 0 Å². The summed E-state index contributed by atoms with van der Waals surface area (Å²) in [5.74, 6) is 0.447. The molecule has 0 radical (unpaired) electrons. The first kappa shape index (κ1) is 15.3. The van der Waals surface area contributed by atoms with E-state index in [0.717, 1.165) is 5.56 Å². The van der Waals surface area contributed by atoms with Gasteiger partial charge in [-0.3, -0.25) is 4.79 Å². The zero-order valence-corrected chi connectivity index (χ0v) is 12.8. The Morgan fingerprint density at radius 3 is 2.62 bits per heavy atom. The Labute approximate surface area is 129 Å². The molecule has 2 rings (SSSR count). The summed E-state index contributed by atoms with van der Waals surface area (Å²) in [6.07, 6.45) is 1.67. The summed E-state index contributed by atoms with van der Waals surface area (Å²) in [6, 6.07) is 11.1. The number of amides is 1. The van der Waals surface area contributed by atoms with Crippen LogP contribution in [0.4, 0.5) is 5.82 Å². The summed E-state index contributed by atoms with van der Waals surface area (Å²) in [7, 11) is 0. The molecule has 1 amide bonds. The van der Waals surface area contributed by atoms with Crippen molar-refractivity contribution in [3.05, 3.63) is 58.7 Å². The fourth-order valence-corrected chi connectivity index (χ4v) is 1.98. The lowest BCUT2D eigenvalue weighted by molar-refractivity contribution is 0.0951. The smallest absolute Gasteiger partial charge is 0.255 e. The molecule has 0 atom stereocenters. The summed E-state index contributed by atoms with van der Waals surface area (Å²) in [4.78, 5) is 16.5. The van der Waals surface area contributed by atoms with Crippen LogP contribution in [0.25, 0.3) is 0 Å². The number of carbonyl (C=O) groups excluding carboxylic acids is 1. The van der Waals surface area contributed by atoms with Gasteiger partial charge in [0.25, 0.3) is 5.91 Å². The number of benzene rings is 1. The van der Waals surface area contributed by atoms with Crippen LogP contribution in [0.2, 0.25) is 5.02 Å². The monoisotopic (exact) mass is 303 g/mol. The highest BCUT2D eigenvalue weighted by molar-refractivity contribution is 6.30. The van der Waals surface area contributed by atoms with E-state index in [0.29, 0.717) is 22.9 Å². The first-order valence-electron chi connectivity index (χ1n) is 6.80. The van der Waals surface area contributed by atoms with Gasteiger partial charge in [-0.1, -0.05) is 23.7 Å². The zero-order valence-electron chi connectivity index (χ0n) is 12.1. The number of pyridine rings is 1. The molecule has 4 nitrogen and oxygen atoms in total. The topological polar surface area (TPSA) is 54.0 Å². The van der Waals surface area contributed by atoms with Gasteiger partial charge in [0.2, 0.25) is 0 Å². The van der Waals surface area contributed by atoms with Crippen LogP contribution in [0.5, 0.6) is 0 Å². The molecule has 0 aliphatic rings. The van der Waals surface area contributed by atoms with Gasteiger partial charge in [-0.15, -0.1) is 0 Å². The van der Waals surface area contributed by atoms with Gasteiger partial charge in [-0.2, -0.15) is 0 Å². The van der Waals surface area contributed by atoms with Crippen molar-refractivity contribution < 1.29 is 4.79 Å². The van der Waals surface area contributed by atoms with Crippen molar-refractivity contribution >= 4 is 23.3 Å². The van der Waals surface area contributed by atoms with E-state index >= 15 is 0 Å². The number of hydrogen-bond donors (Lipinski definition) is 2.